The van der Waals surface area contributed by atoms with E-state index >= 15 is 0 Å². The molecule has 3 rings (SSSR count). The number of hydrogen-bond donors (Lipinski definition) is 1. The molecule has 1 saturated carbocycles. The van der Waals surface area contributed by atoms with Gasteiger partial charge in [-0.25, -0.2) is 9.97 Å². The first-order chi connectivity index (χ1) is 9.13. The minimum Gasteiger partial charge on any atom is -0.361 e. The normalized spacial score (nSPS) is 15.2. The summed E-state index contributed by atoms with van der Waals surface area (Å²) in [7, 11) is 0. The molecule has 3 nitrogen and oxygen atoms in total. The van der Waals surface area contributed by atoms with E-state index in [1.165, 1.54) is 23.4 Å². The Morgan fingerprint density at radius 1 is 1.37 bits per heavy atom. The molecule has 1 N–H and O–H groups in total. The minimum atomic E-state index is 0.639. The summed E-state index contributed by atoms with van der Waals surface area (Å²) in [6.45, 7) is 7.48. The van der Waals surface area contributed by atoms with Crippen molar-refractivity contribution < 1.29 is 0 Å². The lowest BCUT2D eigenvalue weighted by molar-refractivity contribution is 0.688. The smallest absolute Gasteiger partial charge is 0.183 e. The van der Waals surface area contributed by atoms with E-state index in [-0.39, 0.29) is 0 Å². The largest absolute Gasteiger partial charge is 0.361 e. The van der Waals surface area contributed by atoms with Crippen molar-refractivity contribution in [2.75, 3.05) is 11.9 Å². The minimum absolute atomic E-state index is 0.639. The Morgan fingerprint density at radius 3 is 2.84 bits per heavy atom. The zero-order chi connectivity index (χ0) is 13.4. The Morgan fingerprint density at radius 2 is 2.16 bits per heavy atom. The fourth-order valence-electron chi connectivity index (χ4n) is 2.01. The molecule has 0 atom stereocenters. The van der Waals surface area contributed by atoms with E-state index in [1.54, 1.807) is 22.7 Å². The highest BCUT2D eigenvalue weighted by Gasteiger charge is 2.30. The third-order valence-corrected chi connectivity index (χ3v) is 4.93. The summed E-state index contributed by atoms with van der Waals surface area (Å²) in [4.78, 5) is 10.7. The number of nitrogens with zero attached hydrogens (tertiary/aromatic N) is 2. The number of rotatable bonds is 5. The number of anilines is 1. The zero-order valence-corrected chi connectivity index (χ0v) is 13.2. The summed E-state index contributed by atoms with van der Waals surface area (Å²) in [6, 6.07) is 0. The van der Waals surface area contributed by atoms with Crippen molar-refractivity contribution in [3.05, 3.63) is 16.1 Å². The van der Waals surface area contributed by atoms with Crippen LogP contribution in [0.25, 0.3) is 10.6 Å². The van der Waals surface area contributed by atoms with Gasteiger partial charge in [0.2, 0.25) is 0 Å². The van der Waals surface area contributed by atoms with Crippen LogP contribution in [0.4, 0.5) is 5.13 Å². The molecule has 19 heavy (non-hydrogen) atoms. The number of aromatic nitrogens is 2. The van der Waals surface area contributed by atoms with E-state index in [4.69, 9.17) is 9.97 Å². The molecular formula is C14H19N3S2. The van der Waals surface area contributed by atoms with E-state index in [0.29, 0.717) is 11.8 Å². The first-order valence-corrected chi connectivity index (χ1v) is 8.50. The quantitative estimate of drug-likeness (QED) is 0.880. The molecule has 0 radical (unpaired) electrons. The van der Waals surface area contributed by atoms with Crippen LogP contribution in [0, 0.1) is 12.8 Å². The maximum Gasteiger partial charge on any atom is 0.183 e. The fourth-order valence-corrected chi connectivity index (χ4v) is 3.76. The molecule has 0 saturated heterocycles. The van der Waals surface area contributed by atoms with E-state index < -0.39 is 0 Å². The third kappa shape index (κ3) is 2.98. The SMILES string of the molecule is Cc1nc(C2CC2)c(-c2csc(NCC(C)C)n2)s1. The Bertz CT molecular complexity index is 567. The fraction of sp³-hybridized carbons (Fsp3) is 0.571. The van der Waals surface area contributed by atoms with Gasteiger partial charge in [0.05, 0.1) is 21.3 Å². The van der Waals surface area contributed by atoms with E-state index in [1.807, 2.05) is 0 Å². The van der Waals surface area contributed by atoms with Gasteiger partial charge in [-0.15, -0.1) is 22.7 Å². The van der Waals surface area contributed by atoms with Crippen LogP contribution in [0.1, 0.15) is 43.3 Å². The van der Waals surface area contributed by atoms with Gasteiger partial charge in [0, 0.05) is 17.8 Å². The highest BCUT2D eigenvalue weighted by Crippen LogP contribution is 2.46. The summed E-state index contributed by atoms with van der Waals surface area (Å²) in [5.74, 6) is 1.33. The van der Waals surface area contributed by atoms with Crippen molar-refractivity contribution in [1.82, 2.24) is 9.97 Å². The predicted octanol–water partition coefficient (Wildman–Crippen LogP) is 4.52. The van der Waals surface area contributed by atoms with Crippen LogP contribution in [0.2, 0.25) is 0 Å². The molecule has 0 aromatic carbocycles. The summed E-state index contributed by atoms with van der Waals surface area (Å²) in [5.41, 5.74) is 2.38. The lowest BCUT2D eigenvalue weighted by Crippen LogP contribution is -2.07. The van der Waals surface area contributed by atoms with Crippen molar-refractivity contribution >= 4 is 27.8 Å². The molecule has 1 aliphatic carbocycles. The maximum atomic E-state index is 4.71. The van der Waals surface area contributed by atoms with Gasteiger partial charge in [-0.05, 0) is 25.7 Å². The standard InChI is InChI=1S/C14H19N3S2/c1-8(2)6-15-14-17-11(7-18-14)13-12(10-4-5-10)16-9(3)19-13/h7-8,10H,4-6H2,1-3H3,(H,15,17). The van der Waals surface area contributed by atoms with E-state index in [2.05, 4.69) is 31.5 Å². The zero-order valence-electron chi connectivity index (χ0n) is 11.6. The first kappa shape index (κ1) is 13.1. The highest BCUT2D eigenvalue weighted by molar-refractivity contribution is 7.16. The Labute approximate surface area is 122 Å². The van der Waals surface area contributed by atoms with Gasteiger partial charge in [-0.1, -0.05) is 13.8 Å². The van der Waals surface area contributed by atoms with Gasteiger partial charge >= 0.3 is 0 Å². The predicted molar refractivity (Wildman–Crippen MR) is 83.3 cm³/mol. The van der Waals surface area contributed by atoms with Gasteiger partial charge < -0.3 is 5.32 Å². The summed E-state index contributed by atoms with van der Waals surface area (Å²) in [5, 5.41) is 7.73. The first-order valence-electron chi connectivity index (χ1n) is 6.80. The molecular weight excluding hydrogens is 274 g/mol. The maximum absolute atomic E-state index is 4.71. The van der Waals surface area contributed by atoms with Crippen LogP contribution in [-0.2, 0) is 0 Å². The average molecular weight is 293 g/mol. The summed E-state index contributed by atoms with van der Waals surface area (Å²) in [6.07, 6.45) is 2.58. The molecule has 2 heterocycles. The number of aryl methyl sites for hydroxylation is 1. The molecule has 102 valence electrons. The molecule has 2 aromatic heterocycles. The second-order valence-electron chi connectivity index (χ2n) is 5.53. The van der Waals surface area contributed by atoms with Crippen LogP contribution in [0.5, 0.6) is 0 Å². The topological polar surface area (TPSA) is 37.8 Å². The Kier molecular flexibility index (Phi) is 3.58. The molecule has 5 heteroatoms. The van der Waals surface area contributed by atoms with Crippen LogP contribution in [-0.4, -0.2) is 16.5 Å². The van der Waals surface area contributed by atoms with E-state index in [9.17, 15) is 0 Å². The van der Waals surface area contributed by atoms with Crippen LogP contribution < -0.4 is 5.32 Å². The second-order valence-corrected chi connectivity index (χ2v) is 7.60. The number of nitrogens with one attached hydrogen (secondary N) is 1. The van der Waals surface area contributed by atoms with Gasteiger partial charge in [-0.3, -0.25) is 0 Å². The van der Waals surface area contributed by atoms with Crippen LogP contribution in [0.3, 0.4) is 0 Å². The van der Waals surface area contributed by atoms with Crippen molar-refractivity contribution in [2.45, 2.75) is 39.5 Å². The van der Waals surface area contributed by atoms with Gasteiger partial charge in [-0.2, -0.15) is 0 Å². The van der Waals surface area contributed by atoms with Gasteiger partial charge in [0.1, 0.15) is 0 Å². The molecule has 0 unspecified atom stereocenters. The van der Waals surface area contributed by atoms with Gasteiger partial charge in [0.15, 0.2) is 5.13 Å². The third-order valence-electron chi connectivity index (χ3n) is 3.12. The second kappa shape index (κ2) is 5.21. The number of hydrogen-bond acceptors (Lipinski definition) is 5. The number of thiazole rings is 2. The summed E-state index contributed by atoms with van der Waals surface area (Å²) < 4.78 is 0. The highest BCUT2D eigenvalue weighted by atomic mass is 32.1. The molecule has 0 bridgehead atoms. The Hall–Kier alpha value is -0.940. The molecule has 1 aliphatic rings. The molecule has 0 amide bonds. The van der Waals surface area contributed by atoms with E-state index in [0.717, 1.165) is 22.4 Å². The molecule has 2 aromatic rings. The molecule has 0 spiro atoms. The van der Waals surface area contributed by atoms with Crippen LogP contribution in [0.15, 0.2) is 5.38 Å². The van der Waals surface area contributed by atoms with Crippen molar-refractivity contribution in [2.24, 2.45) is 5.92 Å². The van der Waals surface area contributed by atoms with Crippen molar-refractivity contribution in [3.8, 4) is 10.6 Å². The average Bonchev–Trinajstić information content (AvgIpc) is 2.97. The molecule has 1 fully saturated rings. The van der Waals surface area contributed by atoms with Gasteiger partial charge in [0.25, 0.3) is 0 Å². The Balaban J connectivity index is 1.82. The lowest BCUT2D eigenvalue weighted by atomic mass is 10.2. The van der Waals surface area contributed by atoms with Crippen LogP contribution >= 0.6 is 22.7 Å². The monoisotopic (exact) mass is 293 g/mol. The molecule has 0 aliphatic heterocycles. The van der Waals surface area contributed by atoms with Crippen molar-refractivity contribution in [3.63, 3.8) is 0 Å². The summed E-state index contributed by atoms with van der Waals surface area (Å²) >= 11 is 3.47. The van der Waals surface area contributed by atoms with Crippen molar-refractivity contribution in [1.29, 1.82) is 0 Å². The lowest BCUT2D eigenvalue weighted by Gasteiger charge is -2.04.